The van der Waals surface area contributed by atoms with Crippen LogP contribution in [0.25, 0.3) is 0 Å². The summed E-state index contributed by atoms with van der Waals surface area (Å²) in [5.41, 5.74) is 0.929. The Morgan fingerprint density at radius 2 is 1.74 bits per heavy atom. The zero-order valence-corrected chi connectivity index (χ0v) is 22.1. The van der Waals surface area contributed by atoms with Crippen LogP contribution in [0, 0.1) is 5.92 Å². The van der Waals surface area contributed by atoms with E-state index in [0.717, 1.165) is 0 Å². The van der Waals surface area contributed by atoms with Gasteiger partial charge in [0, 0.05) is 29.8 Å². The summed E-state index contributed by atoms with van der Waals surface area (Å²) in [6.07, 6.45) is 0.448. The highest BCUT2D eigenvalue weighted by Gasteiger charge is 2.35. The zero-order valence-electron chi connectivity index (χ0n) is 20.4. The largest absolute Gasteiger partial charge is 0.493 e. The smallest absolute Gasteiger partial charge is 0.252 e. The Labute approximate surface area is 213 Å². The van der Waals surface area contributed by atoms with Crippen molar-refractivity contribution in [2.75, 3.05) is 21.3 Å². The quantitative estimate of drug-likeness (QED) is 0.437. The molecule has 11 heteroatoms. The number of amides is 1. The number of benzene rings is 1. The first-order valence-electron chi connectivity index (χ1n) is 11.3. The van der Waals surface area contributed by atoms with Gasteiger partial charge in [0.25, 0.3) is 5.91 Å². The Balaban J connectivity index is 1.73. The molecule has 1 unspecified atom stereocenters. The molecule has 2 N–H and O–H groups in total. The van der Waals surface area contributed by atoms with Gasteiger partial charge in [-0.15, -0.1) is 11.3 Å². The number of alkyl halides is 2. The summed E-state index contributed by atoms with van der Waals surface area (Å²) in [6, 6.07) is 2.73. The summed E-state index contributed by atoms with van der Waals surface area (Å²) >= 11 is 6.88. The lowest BCUT2D eigenvalue weighted by Crippen LogP contribution is -2.40. The molecule has 1 saturated carbocycles. The van der Waals surface area contributed by atoms with Gasteiger partial charge >= 0.3 is 0 Å². The molecule has 35 heavy (non-hydrogen) atoms. The molecule has 1 aliphatic rings. The molecule has 1 amide bonds. The van der Waals surface area contributed by atoms with E-state index in [2.05, 4.69) is 15.6 Å². The number of methoxy groups -OCH3 is 3. The number of hydrogen-bond donors (Lipinski definition) is 2. The van der Waals surface area contributed by atoms with Crippen LogP contribution in [0.4, 0.5) is 8.78 Å². The number of thiazole rings is 1. The lowest BCUT2D eigenvalue weighted by molar-refractivity contribution is -0.0389. The number of rotatable bonds is 9. The average Bonchev–Trinajstić information content (AvgIpc) is 3.32. The standard InChI is InChI=1S/C24H31F2N3O4S2/c1-13(2)19(29-21(30)14-10-17(31-3)20(33-5)18(11-14)32-4)23-28-16(12-35-23)22(34)27-15-6-8-24(25,26)9-7-15/h10-13,15,19H,6-9H2,1-5H3,(H,27,34)(H,29,30). The molecule has 1 aromatic carbocycles. The number of hydrogen-bond acceptors (Lipinski definition) is 7. The second kappa shape index (κ2) is 11.5. The monoisotopic (exact) mass is 527 g/mol. The number of nitrogens with one attached hydrogen (secondary N) is 2. The maximum atomic E-state index is 13.4. The van der Waals surface area contributed by atoms with Crippen LogP contribution in [0.2, 0.25) is 0 Å². The molecular formula is C24H31F2N3O4S2. The predicted molar refractivity (Wildman–Crippen MR) is 135 cm³/mol. The average molecular weight is 528 g/mol. The van der Waals surface area contributed by atoms with Crippen LogP contribution >= 0.6 is 23.6 Å². The molecule has 0 saturated heterocycles. The first kappa shape index (κ1) is 27.1. The lowest BCUT2D eigenvalue weighted by Gasteiger charge is -2.29. The molecule has 0 spiro atoms. The van der Waals surface area contributed by atoms with Gasteiger partial charge in [0.2, 0.25) is 11.7 Å². The number of thiocarbonyl (C=S) groups is 1. The minimum atomic E-state index is -2.59. The highest BCUT2D eigenvalue weighted by atomic mass is 32.1. The van der Waals surface area contributed by atoms with Crippen LogP contribution in [0.1, 0.15) is 66.6 Å². The third-order valence-electron chi connectivity index (χ3n) is 5.95. The van der Waals surface area contributed by atoms with Crippen LogP contribution in [0.3, 0.4) is 0 Å². The number of aromatic nitrogens is 1. The van der Waals surface area contributed by atoms with Gasteiger partial charge in [-0.3, -0.25) is 4.79 Å². The second-order valence-corrected chi connectivity index (χ2v) is 10.1. The number of carbonyl (C=O) groups excluding carboxylic acids is 1. The fraction of sp³-hybridized carbons (Fsp3) is 0.542. The van der Waals surface area contributed by atoms with E-state index < -0.39 is 5.92 Å². The van der Waals surface area contributed by atoms with Gasteiger partial charge in [0.05, 0.1) is 27.4 Å². The van der Waals surface area contributed by atoms with Crippen LogP contribution in [0.15, 0.2) is 17.5 Å². The molecular weight excluding hydrogens is 496 g/mol. The van der Waals surface area contributed by atoms with Gasteiger partial charge in [0.15, 0.2) is 11.5 Å². The van der Waals surface area contributed by atoms with E-state index in [1.54, 1.807) is 12.1 Å². The molecule has 1 heterocycles. The molecule has 192 valence electrons. The molecule has 1 aliphatic carbocycles. The fourth-order valence-electron chi connectivity index (χ4n) is 3.93. The number of halogens is 2. The number of carbonyl (C=O) groups is 1. The van der Waals surface area contributed by atoms with Crippen molar-refractivity contribution in [1.82, 2.24) is 15.6 Å². The van der Waals surface area contributed by atoms with Gasteiger partial charge in [-0.2, -0.15) is 0 Å². The molecule has 2 aromatic rings. The van der Waals surface area contributed by atoms with E-state index in [1.165, 1.54) is 32.7 Å². The molecule has 0 bridgehead atoms. The molecule has 1 aromatic heterocycles. The topological polar surface area (TPSA) is 81.7 Å². The summed E-state index contributed by atoms with van der Waals surface area (Å²) in [5.74, 6) is -1.70. The van der Waals surface area contributed by atoms with Gasteiger partial charge in [0.1, 0.15) is 15.7 Å². The number of nitrogens with zero attached hydrogens (tertiary/aromatic N) is 1. The van der Waals surface area contributed by atoms with Crippen molar-refractivity contribution in [1.29, 1.82) is 0 Å². The molecule has 7 nitrogen and oxygen atoms in total. The molecule has 1 atom stereocenters. The van der Waals surface area contributed by atoms with Gasteiger partial charge in [-0.05, 0) is 30.9 Å². The molecule has 0 radical (unpaired) electrons. The van der Waals surface area contributed by atoms with E-state index >= 15 is 0 Å². The van der Waals surface area contributed by atoms with Crippen LogP contribution < -0.4 is 24.8 Å². The summed E-state index contributed by atoms with van der Waals surface area (Å²) in [5, 5.41) is 8.74. The van der Waals surface area contributed by atoms with E-state index in [-0.39, 0.29) is 36.8 Å². The summed E-state index contributed by atoms with van der Waals surface area (Å²) < 4.78 is 42.9. The Morgan fingerprint density at radius 3 is 2.26 bits per heavy atom. The van der Waals surface area contributed by atoms with E-state index in [0.29, 0.717) is 51.3 Å². The van der Waals surface area contributed by atoms with Crippen molar-refractivity contribution in [3.8, 4) is 17.2 Å². The second-order valence-electron chi connectivity index (χ2n) is 8.78. The van der Waals surface area contributed by atoms with Crippen LogP contribution in [0.5, 0.6) is 17.2 Å². The Hall–Kier alpha value is -2.53. The molecule has 1 fully saturated rings. The molecule has 0 aliphatic heterocycles. The van der Waals surface area contributed by atoms with Gasteiger partial charge < -0.3 is 24.8 Å². The zero-order chi connectivity index (χ0) is 25.8. The van der Waals surface area contributed by atoms with Crippen molar-refractivity contribution in [3.63, 3.8) is 0 Å². The van der Waals surface area contributed by atoms with Gasteiger partial charge in [-0.1, -0.05) is 26.1 Å². The summed E-state index contributed by atoms with van der Waals surface area (Å²) in [7, 11) is 4.48. The first-order chi connectivity index (χ1) is 16.6. The van der Waals surface area contributed by atoms with E-state index in [4.69, 9.17) is 26.4 Å². The van der Waals surface area contributed by atoms with Gasteiger partial charge in [-0.25, -0.2) is 13.8 Å². The van der Waals surface area contributed by atoms with Crippen molar-refractivity contribution < 1.29 is 27.8 Å². The molecule has 3 rings (SSSR count). The summed E-state index contributed by atoms with van der Waals surface area (Å²) in [6.45, 7) is 3.97. The van der Waals surface area contributed by atoms with E-state index in [1.807, 2.05) is 19.2 Å². The van der Waals surface area contributed by atoms with Crippen LogP contribution in [-0.2, 0) is 0 Å². The van der Waals surface area contributed by atoms with Crippen molar-refractivity contribution in [2.24, 2.45) is 5.92 Å². The maximum Gasteiger partial charge on any atom is 0.252 e. The van der Waals surface area contributed by atoms with Crippen molar-refractivity contribution >= 4 is 34.5 Å². The predicted octanol–water partition coefficient (Wildman–Crippen LogP) is 5.14. The third kappa shape index (κ3) is 6.58. The third-order valence-corrected chi connectivity index (χ3v) is 7.21. The van der Waals surface area contributed by atoms with Crippen molar-refractivity contribution in [2.45, 2.75) is 57.5 Å². The Bertz CT molecular complexity index is 1030. The van der Waals surface area contributed by atoms with Crippen molar-refractivity contribution in [3.05, 3.63) is 33.8 Å². The highest BCUT2D eigenvalue weighted by molar-refractivity contribution is 7.80. The fourth-order valence-corrected chi connectivity index (χ4v) is 5.31. The first-order valence-corrected chi connectivity index (χ1v) is 12.6. The Kier molecular flexibility index (Phi) is 8.87. The minimum Gasteiger partial charge on any atom is -0.493 e. The SMILES string of the molecule is COc1cc(C(=O)NC(c2nc(C(=S)NC3CCC(F)(F)CC3)cs2)C(C)C)cc(OC)c1OC. The maximum absolute atomic E-state index is 13.4. The summed E-state index contributed by atoms with van der Waals surface area (Å²) in [4.78, 5) is 18.2. The van der Waals surface area contributed by atoms with Crippen LogP contribution in [-0.4, -0.2) is 49.2 Å². The normalized spacial score (nSPS) is 16.5. The minimum absolute atomic E-state index is 0.0436. The number of ether oxygens (including phenoxy) is 3. The Morgan fingerprint density at radius 1 is 1.14 bits per heavy atom. The van der Waals surface area contributed by atoms with E-state index in [9.17, 15) is 13.6 Å². The highest BCUT2D eigenvalue weighted by Crippen LogP contribution is 2.38. The lowest BCUT2D eigenvalue weighted by atomic mass is 9.92.